The van der Waals surface area contributed by atoms with Gasteiger partial charge in [0.15, 0.2) is 11.5 Å². The van der Waals surface area contributed by atoms with Crippen molar-refractivity contribution >= 4 is 5.97 Å². The number of halogens is 7. The number of rotatable bonds is 5. The minimum Gasteiger partial charge on any atom is -0.493 e. The van der Waals surface area contributed by atoms with Crippen LogP contribution in [-0.2, 0) is 6.18 Å². The van der Waals surface area contributed by atoms with Gasteiger partial charge in [0.1, 0.15) is 22.9 Å². The molecular formula is C17H11F7O5. The van der Waals surface area contributed by atoms with Crippen molar-refractivity contribution in [2.75, 3.05) is 7.11 Å². The van der Waals surface area contributed by atoms with E-state index in [4.69, 9.17) is 14.6 Å². The summed E-state index contributed by atoms with van der Waals surface area (Å²) in [6.45, 7) is 0.748. The first kappa shape index (κ1) is 22.1. The molecule has 0 aliphatic rings. The van der Waals surface area contributed by atoms with Crippen LogP contribution >= 0.6 is 0 Å². The number of methoxy groups -OCH3 is 1. The summed E-state index contributed by atoms with van der Waals surface area (Å²) >= 11 is 0. The molecular weight excluding hydrogens is 417 g/mol. The van der Waals surface area contributed by atoms with Gasteiger partial charge in [-0.25, -0.2) is 9.18 Å². The van der Waals surface area contributed by atoms with E-state index in [1.54, 1.807) is 0 Å². The molecule has 0 unspecified atom stereocenters. The molecule has 0 heterocycles. The molecule has 2 aromatic rings. The summed E-state index contributed by atoms with van der Waals surface area (Å²) < 4.78 is 104. The maximum atomic E-state index is 14.3. The molecule has 0 radical (unpaired) electrons. The lowest BCUT2D eigenvalue weighted by molar-refractivity contribution is -0.274. The van der Waals surface area contributed by atoms with E-state index >= 15 is 0 Å². The Labute approximate surface area is 158 Å². The first-order valence-electron chi connectivity index (χ1n) is 7.49. The van der Waals surface area contributed by atoms with Crippen molar-refractivity contribution in [1.29, 1.82) is 0 Å². The van der Waals surface area contributed by atoms with Gasteiger partial charge >= 0.3 is 18.5 Å². The second-order valence-electron chi connectivity index (χ2n) is 5.50. The second kappa shape index (κ2) is 7.68. The maximum Gasteiger partial charge on any atom is 0.573 e. The monoisotopic (exact) mass is 428 g/mol. The van der Waals surface area contributed by atoms with Gasteiger partial charge in [-0.05, 0) is 30.7 Å². The number of aromatic carboxylic acids is 1. The van der Waals surface area contributed by atoms with Crippen LogP contribution in [0.1, 0.15) is 21.5 Å². The molecule has 0 spiro atoms. The maximum absolute atomic E-state index is 14.3. The number of hydrogen-bond donors (Lipinski definition) is 1. The Kier molecular flexibility index (Phi) is 5.86. The van der Waals surface area contributed by atoms with Crippen molar-refractivity contribution in [2.24, 2.45) is 0 Å². The summed E-state index contributed by atoms with van der Waals surface area (Å²) in [7, 11) is 1.01. The quantitative estimate of drug-likeness (QED) is 0.633. The smallest absolute Gasteiger partial charge is 0.493 e. The normalized spacial score (nSPS) is 11.9. The molecule has 158 valence electrons. The first-order chi connectivity index (χ1) is 13.2. The number of carboxylic acids is 1. The topological polar surface area (TPSA) is 65.0 Å². The van der Waals surface area contributed by atoms with Crippen LogP contribution in [0, 0.1) is 12.7 Å². The van der Waals surface area contributed by atoms with Crippen LogP contribution in [0.2, 0.25) is 0 Å². The largest absolute Gasteiger partial charge is 0.573 e. The van der Waals surface area contributed by atoms with Crippen molar-refractivity contribution in [2.45, 2.75) is 19.5 Å². The van der Waals surface area contributed by atoms with Crippen LogP contribution < -0.4 is 14.2 Å². The Morgan fingerprint density at radius 3 is 2.10 bits per heavy atom. The van der Waals surface area contributed by atoms with Crippen molar-refractivity contribution < 1.29 is 54.8 Å². The van der Waals surface area contributed by atoms with Gasteiger partial charge in [-0.1, -0.05) is 0 Å². The van der Waals surface area contributed by atoms with Gasteiger partial charge in [0.25, 0.3) is 0 Å². The highest BCUT2D eigenvalue weighted by atomic mass is 19.4. The van der Waals surface area contributed by atoms with Crippen molar-refractivity contribution in [3.63, 3.8) is 0 Å². The van der Waals surface area contributed by atoms with Crippen LogP contribution in [0.5, 0.6) is 23.0 Å². The van der Waals surface area contributed by atoms with E-state index in [1.807, 2.05) is 0 Å². The van der Waals surface area contributed by atoms with Crippen LogP contribution in [0.4, 0.5) is 30.7 Å². The molecule has 2 rings (SSSR count). The Morgan fingerprint density at radius 2 is 1.62 bits per heavy atom. The SMILES string of the molecule is COc1cc(OC(F)(F)F)ccc1Oc1cc(C(F)(F)F)c(C)c(F)c1C(=O)O. The van der Waals surface area contributed by atoms with Gasteiger partial charge in [-0.15, -0.1) is 13.2 Å². The van der Waals surface area contributed by atoms with Crippen molar-refractivity contribution in [3.05, 3.63) is 46.8 Å². The molecule has 2 aromatic carbocycles. The summed E-state index contributed by atoms with van der Waals surface area (Å²) in [5, 5.41) is 9.16. The number of carbonyl (C=O) groups is 1. The molecule has 5 nitrogen and oxygen atoms in total. The number of hydrogen-bond acceptors (Lipinski definition) is 4. The van der Waals surface area contributed by atoms with E-state index < -0.39 is 64.0 Å². The third-order valence-corrected chi connectivity index (χ3v) is 3.58. The third-order valence-electron chi connectivity index (χ3n) is 3.58. The van der Waals surface area contributed by atoms with E-state index in [0.717, 1.165) is 26.2 Å². The number of benzene rings is 2. The summed E-state index contributed by atoms with van der Waals surface area (Å²) in [6, 6.07) is 2.57. The van der Waals surface area contributed by atoms with E-state index in [2.05, 4.69) is 4.74 Å². The molecule has 0 atom stereocenters. The van der Waals surface area contributed by atoms with Crippen molar-refractivity contribution in [3.8, 4) is 23.0 Å². The standard InChI is InChI=1S/C17H11F7O5/c1-7-9(16(19,20)21)6-12(13(14(7)18)15(25)26)28-10-4-3-8(5-11(10)27-2)29-17(22,23)24/h3-6H,1-2H3,(H,25,26). The highest BCUT2D eigenvalue weighted by Crippen LogP contribution is 2.42. The van der Waals surface area contributed by atoms with E-state index in [1.165, 1.54) is 0 Å². The average Bonchev–Trinajstić information content (AvgIpc) is 2.56. The highest BCUT2D eigenvalue weighted by Gasteiger charge is 2.37. The van der Waals surface area contributed by atoms with Crippen LogP contribution in [-0.4, -0.2) is 24.5 Å². The summed E-state index contributed by atoms with van der Waals surface area (Å²) in [6.07, 6.45) is -10.0. The predicted octanol–water partition coefficient (Wildman–Crippen LogP) is 5.55. The average molecular weight is 428 g/mol. The molecule has 0 aliphatic heterocycles. The van der Waals surface area contributed by atoms with E-state index in [9.17, 15) is 35.5 Å². The summed E-state index contributed by atoms with van der Waals surface area (Å²) in [5.74, 6) is -6.23. The Morgan fingerprint density at radius 1 is 1.00 bits per heavy atom. The predicted molar refractivity (Wildman–Crippen MR) is 82.8 cm³/mol. The lowest BCUT2D eigenvalue weighted by Crippen LogP contribution is -2.17. The fraction of sp³-hybridized carbons (Fsp3) is 0.235. The summed E-state index contributed by atoms with van der Waals surface area (Å²) in [4.78, 5) is 11.3. The molecule has 0 aliphatic carbocycles. The minimum atomic E-state index is -5.02. The minimum absolute atomic E-state index is 0.279. The Balaban J connectivity index is 2.58. The molecule has 0 bridgehead atoms. The molecule has 0 amide bonds. The molecule has 0 fully saturated rings. The van der Waals surface area contributed by atoms with Gasteiger partial charge in [-0.3, -0.25) is 0 Å². The lowest BCUT2D eigenvalue weighted by Gasteiger charge is -2.18. The second-order valence-corrected chi connectivity index (χ2v) is 5.50. The zero-order chi connectivity index (χ0) is 22.1. The van der Waals surface area contributed by atoms with Crippen molar-refractivity contribution in [1.82, 2.24) is 0 Å². The van der Waals surface area contributed by atoms with Gasteiger partial charge in [-0.2, -0.15) is 13.2 Å². The van der Waals surface area contributed by atoms with Crippen LogP contribution in [0.3, 0.4) is 0 Å². The number of ether oxygens (including phenoxy) is 3. The highest BCUT2D eigenvalue weighted by molar-refractivity contribution is 5.92. The van der Waals surface area contributed by atoms with E-state index in [0.29, 0.717) is 6.07 Å². The molecule has 0 aromatic heterocycles. The van der Waals surface area contributed by atoms with Gasteiger partial charge in [0.2, 0.25) is 0 Å². The zero-order valence-electron chi connectivity index (χ0n) is 14.5. The van der Waals surface area contributed by atoms with Gasteiger partial charge in [0.05, 0.1) is 12.7 Å². The molecule has 1 N–H and O–H groups in total. The number of carboxylic acid groups (broad SMARTS) is 1. The van der Waals surface area contributed by atoms with E-state index in [-0.39, 0.29) is 6.07 Å². The third kappa shape index (κ3) is 5.00. The van der Waals surface area contributed by atoms with Gasteiger partial charge in [0, 0.05) is 6.07 Å². The van der Waals surface area contributed by atoms with Gasteiger partial charge < -0.3 is 19.3 Å². The zero-order valence-corrected chi connectivity index (χ0v) is 14.5. The summed E-state index contributed by atoms with van der Waals surface area (Å²) in [5.41, 5.74) is -3.62. The Bertz CT molecular complexity index is 935. The molecule has 0 saturated heterocycles. The van der Waals surface area contributed by atoms with Crippen LogP contribution in [0.15, 0.2) is 24.3 Å². The lowest BCUT2D eigenvalue weighted by atomic mass is 10.0. The fourth-order valence-corrected chi connectivity index (χ4v) is 2.35. The molecule has 29 heavy (non-hydrogen) atoms. The molecule has 0 saturated carbocycles. The molecule has 12 heteroatoms. The number of alkyl halides is 6. The van der Waals surface area contributed by atoms with Crippen LogP contribution in [0.25, 0.3) is 0 Å². The first-order valence-corrected chi connectivity index (χ1v) is 7.49. The fourth-order valence-electron chi connectivity index (χ4n) is 2.35. The Hall–Kier alpha value is -3.18.